The minimum atomic E-state index is -0.756. The van der Waals surface area contributed by atoms with Gasteiger partial charge in [-0.2, -0.15) is 5.26 Å². The summed E-state index contributed by atoms with van der Waals surface area (Å²) in [5.74, 6) is 0.121. The van der Waals surface area contributed by atoms with E-state index >= 15 is 0 Å². The number of nitrogens with zero attached hydrogens (tertiary/aromatic N) is 1. The average molecular weight is 292 g/mol. The highest BCUT2D eigenvalue weighted by Gasteiger charge is 2.12. The lowest BCUT2D eigenvalue weighted by atomic mass is 10.1. The predicted molar refractivity (Wildman–Crippen MR) is 73.3 cm³/mol. The van der Waals surface area contributed by atoms with Gasteiger partial charge in [0.05, 0.1) is 22.8 Å². The number of benzene rings is 2. The number of aliphatic hydroxyl groups excluding tert-OH is 1. The van der Waals surface area contributed by atoms with Gasteiger partial charge in [-0.25, -0.2) is 4.39 Å². The fraction of sp³-hybridized carbons (Fsp3) is 0.133. The minimum absolute atomic E-state index is 0.0578. The number of hydrogen-bond acceptors (Lipinski definition) is 3. The van der Waals surface area contributed by atoms with Gasteiger partial charge in [-0.05, 0) is 31.2 Å². The minimum Gasteiger partial charge on any atom is -0.457 e. The maximum absolute atomic E-state index is 13.1. The van der Waals surface area contributed by atoms with Crippen molar-refractivity contribution in [2.45, 2.75) is 13.0 Å². The zero-order valence-electron chi connectivity index (χ0n) is 10.6. The summed E-state index contributed by atoms with van der Waals surface area (Å²) in [5.41, 5.74) is 0.932. The molecule has 2 aromatic rings. The Bertz CT molecular complexity index is 680. The summed E-state index contributed by atoms with van der Waals surface area (Å²) in [6.07, 6.45) is -0.756. The van der Waals surface area contributed by atoms with Gasteiger partial charge in [0.1, 0.15) is 17.3 Å². The maximum Gasteiger partial charge on any atom is 0.142 e. The fourth-order valence-electron chi connectivity index (χ4n) is 1.70. The monoisotopic (exact) mass is 291 g/mol. The van der Waals surface area contributed by atoms with Gasteiger partial charge in [0.2, 0.25) is 0 Å². The van der Waals surface area contributed by atoms with E-state index in [0.29, 0.717) is 22.6 Å². The second kappa shape index (κ2) is 5.91. The third-order valence-corrected chi connectivity index (χ3v) is 3.00. The van der Waals surface area contributed by atoms with Gasteiger partial charge in [-0.3, -0.25) is 0 Å². The van der Waals surface area contributed by atoms with Crippen LogP contribution in [0.3, 0.4) is 0 Å². The molecule has 20 heavy (non-hydrogen) atoms. The molecule has 0 aliphatic heterocycles. The van der Waals surface area contributed by atoms with Crippen LogP contribution in [-0.4, -0.2) is 5.11 Å². The molecule has 0 radical (unpaired) electrons. The van der Waals surface area contributed by atoms with Crippen LogP contribution in [0.1, 0.15) is 24.2 Å². The molecule has 0 aliphatic carbocycles. The number of ether oxygens (including phenoxy) is 1. The molecule has 5 heteroatoms. The highest BCUT2D eigenvalue weighted by molar-refractivity contribution is 6.30. The lowest BCUT2D eigenvalue weighted by molar-refractivity contribution is 0.195. The van der Waals surface area contributed by atoms with E-state index in [9.17, 15) is 9.50 Å². The molecule has 0 saturated heterocycles. The van der Waals surface area contributed by atoms with Crippen LogP contribution in [-0.2, 0) is 0 Å². The van der Waals surface area contributed by atoms with Crippen molar-refractivity contribution in [1.82, 2.24) is 0 Å². The van der Waals surface area contributed by atoms with Gasteiger partial charge < -0.3 is 9.84 Å². The van der Waals surface area contributed by atoms with E-state index in [2.05, 4.69) is 0 Å². The van der Waals surface area contributed by atoms with Gasteiger partial charge in [0.25, 0.3) is 0 Å². The molecule has 0 fully saturated rings. The lowest BCUT2D eigenvalue weighted by Crippen LogP contribution is -1.97. The van der Waals surface area contributed by atoms with Crippen LogP contribution >= 0.6 is 11.6 Å². The molecule has 1 N–H and O–H groups in total. The van der Waals surface area contributed by atoms with Gasteiger partial charge >= 0.3 is 0 Å². The highest BCUT2D eigenvalue weighted by atomic mass is 35.5. The van der Waals surface area contributed by atoms with Gasteiger partial charge in [0.15, 0.2) is 0 Å². The van der Waals surface area contributed by atoms with Crippen molar-refractivity contribution >= 4 is 11.6 Å². The Labute approximate surface area is 120 Å². The molecule has 0 unspecified atom stereocenters. The molecule has 0 amide bonds. The second-order valence-electron chi connectivity index (χ2n) is 4.22. The Morgan fingerprint density at radius 2 is 2.05 bits per heavy atom. The molecular weight excluding hydrogens is 281 g/mol. The molecular formula is C15H11ClFNO2. The molecule has 1 atom stereocenters. The van der Waals surface area contributed by atoms with Gasteiger partial charge in [0, 0.05) is 11.6 Å². The highest BCUT2D eigenvalue weighted by Crippen LogP contribution is 2.32. The number of hydrogen-bond donors (Lipinski definition) is 1. The summed E-state index contributed by atoms with van der Waals surface area (Å²) in [6, 6.07) is 10.7. The largest absolute Gasteiger partial charge is 0.457 e. The van der Waals surface area contributed by atoms with Crippen molar-refractivity contribution in [3.63, 3.8) is 0 Å². The van der Waals surface area contributed by atoms with Crippen LogP contribution in [0.5, 0.6) is 11.5 Å². The molecule has 0 saturated carbocycles. The Morgan fingerprint density at radius 1 is 1.30 bits per heavy atom. The van der Waals surface area contributed by atoms with Crippen LogP contribution in [0, 0.1) is 17.1 Å². The van der Waals surface area contributed by atoms with Gasteiger partial charge in [-0.15, -0.1) is 0 Å². The summed E-state index contributed by atoms with van der Waals surface area (Å²) in [7, 11) is 0. The second-order valence-corrected chi connectivity index (χ2v) is 4.63. The molecule has 0 aromatic heterocycles. The summed E-state index contributed by atoms with van der Waals surface area (Å²) in [4.78, 5) is 0. The van der Waals surface area contributed by atoms with Crippen LogP contribution in [0.4, 0.5) is 4.39 Å². The van der Waals surface area contributed by atoms with Crippen LogP contribution in [0.15, 0.2) is 36.4 Å². The maximum atomic E-state index is 13.1. The number of aliphatic hydroxyl groups is 1. The molecule has 3 nitrogen and oxygen atoms in total. The van der Waals surface area contributed by atoms with Crippen molar-refractivity contribution in [3.05, 3.63) is 58.4 Å². The van der Waals surface area contributed by atoms with Crippen LogP contribution in [0.25, 0.3) is 0 Å². The molecule has 0 bridgehead atoms. The Kier molecular flexibility index (Phi) is 4.23. The number of halogens is 2. The Hall–Kier alpha value is -2.09. The quantitative estimate of drug-likeness (QED) is 0.922. The predicted octanol–water partition coefficient (Wildman–Crippen LogP) is 4.20. The fourth-order valence-corrected chi connectivity index (χ4v) is 1.88. The standard InChI is InChI=1S/C15H11ClFNO2/c1-9(19)12-4-2-10(8-18)6-15(12)20-11-3-5-14(17)13(16)7-11/h2-7,9,19H,1H3/t9-/m1/s1. The zero-order chi connectivity index (χ0) is 14.7. The van der Waals surface area contributed by atoms with E-state index in [-0.39, 0.29) is 5.02 Å². The molecule has 2 rings (SSSR count). The zero-order valence-corrected chi connectivity index (χ0v) is 11.4. The van der Waals surface area contributed by atoms with Crippen molar-refractivity contribution in [3.8, 4) is 17.6 Å². The molecule has 102 valence electrons. The topological polar surface area (TPSA) is 53.2 Å². The van der Waals surface area contributed by atoms with Crippen molar-refractivity contribution in [1.29, 1.82) is 5.26 Å². The Morgan fingerprint density at radius 3 is 2.65 bits per heavy atom. The SMILES string of the molecule is C[C@@H](O)c1ccc(C#N)cc1Oc1ccc(F)c(Cl)c1. The molecule has 2 aromatic carbocycles. The summed E-state index contributed by atoms with van der Waals surface area (Å²) in [5, 5.41) is 18.5. The third-order valence-electron chi connectivity index (χ3n) is 2.71. The summed E-state index contributed by atoms with van der Waals surface area (Å²) >= 11 is 5.68. The molecule has 0 aliphatic rings. The first-order valence-electron chi connectivity index (χ1n) is 5.86. The first kappa shape index (κ1) is 14.3. The van der Waals surface area contributed by atoms with E-state index in [1.54, 1.807) is 19.1 Å². The van der Waals surface area contributed by atoms with Gasteiger partial charge in [-0.1, -0.05) is 17.7 Å². The molecule has 0 heterocycles. The van der Waals surface area contributed by atoms with E-state index in [0.717, 1.165) is 0 Å². The number of nitriles is 1. The molecule has 0 spiro atoms. The smallest absolute Gasteiger partial charge is 0.142 e. The third kappa shape index (κ3) is 3.08. The van der Waals surface area contributed by atoms with Crippen LogP contribution in [0.2, 0.25) is 5.02 Å². The summed E-state index contributed by atoms with van der Waals surface area (Å²) in [6.45, 7) is 1.59. The Balaban J connectivity index is 2.40. The van der Waals surface area contributed by atoms with Crippen LogP contribution < -0.4 is 4.74 Å². The first-order valence-corrected chi connectivity index (χ1v) is 6.24. The lowest BCUT2D eigenvalue weighted by Gasteiger charge is -2.13. The van der Waals surface area contributed by atoms with E-state index in [1.807, 2.05) is 6.07 Å². The van der Waals surface area contributed by atoms with Crippen molar-refractivity contribution in [2.24, 2.45) is 0 Å². The summed E-state index contributed by atoms with van der Waals surface area (Å²) < 4.78 is 18.7. The average Bonchev–Trinajstić information content (AvgIpc) is 2.42. The van der Waals surface area contributed by atoms with Crippen molar-refractivity contribution < 1.29 is 14.2 Å². The number of rotatable bonds is 3. The van der Waals surface area contributed by atoms with E-state index in [4.69, 9.17) is 21.6 Å². The first-order chi connectivity index (χ1) is 9.51. The van der Waals surface area contributed by atoms with E-state index < -0.39 is 11.9 Å². The normalized spacial score (nSPS) is 11.8. The van der Waals surface area contributed by atoms with E-state index in [1.165, 1.54) is 24.3 Å². The van der Waals surface area contributed by atoms with Crippen molar-refractivity contribution in [2.75, 3.05) is 0 Å².